The number of rotatable bonds is 4. The Kier molecular flexibility index (Phi) is 4.78. The molecule has 4 nitrogen and oxygen atoms in total. The highest BCUT2D eigenvalue weighted by Gasteiger charge is 2.24. The van der Waals surface area contributed by atoms with Crippen molar-refractivity contribution in [2.24, 2.45) is 0 Å². The molecule has 0 aromatic heterocycles. The van der Waals surface area contributed by atoms with Crippen LogP contribution in [0.1, 0.15) is 23.6 Å². The average Bonchev–Trinajstić information content (AvgIpc) is 2.37. The van der Waals surface area contributed by atoms with E-state index in [0.29, 0.717) is 0 Å². The van der Waals surface area contributed by atoms with E-state index in [2.05, 4.69) is 36.9 Å². The van der Waals surface area contributed by atoms with Crippen LogP contribution in [0.5, 0.6) is 0 Å². The van der Waals surface area contributed by atoms with Gasteiger partial charge in [-0.1, -0.05) is 29.3 Å². The van der Waals surface area contributed by atoms with Crippen molar-refractivity contribution >= 4 is 5.97 Å². The number of carboxylic acids is 1. The second kappa shape index (κ2) is 6.37. The van der Waals surface area contributed by atoms with Crippen molar-refractivity contribution in [3.63, 3.8) is 0 Å². The number of aliphatic carboxylic acids is 1. The van der Waals surface area contributed by atoms with Crippen LogP contribution in [0.3, 0.4) is 0 Å². The molecule has 1 aromatic rings. The van der Waals surface area contributed by atoms with Crippen molar-refractivity contribution in [1.82, 2.24) is 9.80 Å². The Hall–Kier alpha value is -1.39. The van der Waals surface area contributed by atoms with E-state index < -0.39 is 5.97 Å². The number of hydrogen-bond donors (Lipinski definition) is 1. The van der Waals surface area contributed by atoms with Gasteiger partial charge in [-0.2, -0.15) is 0 Å². The van der Waals surface area contributed by atoms with E-state index in [1.165, 1.54) is 16.7 Å². The van der Waals surface area contributed by atoms with Gasteiger partial charge in [-0.3, -0.25) is 14.6 Å². The van der Waals surface area contributed by atoms with Gasteiger partial charge in [-0.05, 0) is 26.3 Å². The van der Waals surface area contributed by atoms with Crippen LogP contribution in [0, 0.1) is 13.8 Å². The summed E-state index contributed by atoms with van der Waals surface area (Å²) in [5.74, 6) is -0.729. The molecule has 0 spiro atoms. The van der Waals surface area contributed by atoms with E-state index in [0.717, 1.165) is 32.7 Å². The average molecular weight is 276 g/mol. The van der Waals surface area contributed by atoms with Gasteiger partial charge in [0.25, 0.3) is 0 Å². The second-order valence-corrected chi connectivity index (χ2v) is 5.82. The molecule has 1 heterocycles. The first-order chi connectivity index (χ1) is 9.45. The highest BCUT2D eigenvalue weighted by molar-refractivity contribution is 5.72. The first-order valence-corrected chi connectivity index (χ1v) is 7.22. The minimum atomic E-state index is -0.729. The van der Waals surface area contributed by atoms with Gasteiger partial charge >= 0.3 is 5.97 Å². The maximum Gasteiger partial charge on any atom is 0.320 e. The zero-order valence-electron chi connectivity index (χ0n) is 12.6. The van der Waals surface area contributed by atoms with Crippen LogP contribution in [-0.4, -0.2) is 53.1 Å². The third kappa shape index (κ3) is 3.81. The molecule has 0 aliphatic carbocycles. The molecule has 4 heteroatoms. The van der Waals surface area contributed by atoms with Crippen molar-refractivity contribution in [1.29, 1.82) is 0 Å². The summed E-state index contributed by atoms with van der Waals surface area (Å²) in [6.45, 7) is 10.5. The summed E-state index contributed by atoms with van der Waals surface area (Å²) in [4.78, 5) is 15.4. The Morgan fingerprint density at radius 1 is 1.15 bits per heavy atom. The molecule has 2 rings (SSSR count). The van der Waals surface area contributed by atoms with E-state index in [9.17, 15) is 4.79 Å². The molecule has 1 unspecified atom stereocenters. The lowest BCUT2D eigenvalue weighted by atomic mass is 10.1. The Morgan fingerprint density at radius 3 is 2.20 bits per heavy atom. The van der Waals surface area contributed by atoms with Crippen LogP contribution in [0.2, 0.25) is 0 Å². The Labute approximate surface area is 121 Å². The first kappa shape index (κ1) is 15.0. The number of nitrogens with zero attached hydrogens (tertiary/aromatic N) is 2. The third-order valence-electron chi connectivity index (χ3n) is 4.00. The first-order valence-electron chi connectivity index (χ1n) is 7.22. The summed E-state index contributed by atoms with van der Waals surface area (Å²) >= 11 is 0. The summed E-state index contributed by atoms with van der Waals surface area (Å²) in [6, 6.07) is 6.28. The standard InChI is InChI=1S/C16H24N2O2/c1-12-8-13(2)10-15(9-12)11-17-4-6-18(7-5-17)14(3)16(19)20/h8-10,14H,4-7,11H2,1-3H3,(H,19,20). The predicted molar refractivity (Wildman–Crippen MR) is 79.9 cm³/mol. The molecule has 1 N–H and O–H groups in total. The fourth-order valence-corrected chi connectivity index (χ4v) is 2.88. The van der Waals surface area contributed by atoms with Gasteiger partial charge in [0, 0.05) is 32.7 Å². The van der Waals surface area contributed by atoms with Crippen molar-refractivity contribution in [2.75, 3.05) is 26.2 Å². The van der Waals surface area contributed by atoms with Gasteiger partial charge in [-0.25, -0.2) is 0 Å². The fourth-order valence-electron chi connectivity index (χ4n) is 2.88. The molecule has 110 valence electrons. The maximum absolute atomic E-state index is 11.0. The van der Waals surface area contributed by atoms with Gasteiger partial charge in [0.15, 0.2) is 0 Å². The summed E-state index contributed by atoms with van der Waals surface area (Å²) in [7, 11) is 0. The molecule has 0 radical (unpaired) electrons. The smallest absolute Gasteiger partial charge is 0.320 e. The summed E-state index contributed by atoms with van der Waals surface area (Å²) in [5.41, 5.74) is 3.96. The van der Waals surface area contributed by atoms with Gasteiger partial charge < -0.3 is 5.11 Å². The molecule has 20 heavy (non-hydrogen) atoms. The topological polar surface area (TPSA) is 43.8 Å². The van der Waals surface area contributed by atoms with Crippen LogP contribution in [-0.2, 0) is 11.3 Å². The molecule has 1 atom stereocenters. The molecule has 1 fully saturated rings. The van der Waals surface area contributed by atoms with Crippen LogP contribution in [0.4, 0.5) is 0 Å². The molecule has 1 aliphatic rings. The number of hydrogen-bond acceptors (Lipinski definition) is 3. The Morgan fingerprint density at radius 2 is 1.70 bits per heavy atom. The summed E-state index contributed by atoms with van der Waals surface area (Å²) in [6.07, 6.45) is 0. The molecular weight excluding hydrogens is 252 g/mol. The van der Waals surface area contributed by atoms with Gasteiger partial charge in [0.05, 0.1) is 0 Å². The molecule has 1 saturated heterocycles. The Bertz CT molecular complexity index is 459. The molecule has 0 amide bonds. The van der Waals surface area contributed by atoms with Gasteiger partial charge in [-0.15, -0.1) is 0 Å². The van der Waals surface area contributed by atoms with Crippen molar-refractivity contribution in [3.8, 4) is 0 Å². The van der Waals surface area contributed by atoms with E-state index >= 15 is 0 Å². The van der Waals surface area contributed by atoms with E-state index in [4.69, 9.17) is 5.11 Å². The molecule has 0 saturated carbocycles. The number of piperazine rings is 1. The normalized spacial score (nSPS) is 18.9. The zero-order chi connectivity index (χ0) is 14.7. The number of aryl methyl sites for hydroxylation is 2. The quantitative estimate of drug-likeness (QED) is 0.912. The minimum absolute atomic E-state index is 0.377. The van der Waals surface area contributed by atoms with Crippen molar-refractivity contribution in [3.05, 3.63) is 34.9 Å². The lowest BCUT2D eigenvalue weighted by Gasteiger charge is -2.36. The van der Waals surface area contributed by atoms with E-state index in [1.807, 2.05) is 4.90 Å². The van der Waals surface area contributed by atoms with Gasteiger partial charge in [0.2, 0.25) is 0 Å². The van der Waals surface area contributed by atoms with Crippen LogP contribution >= 0.6 is 0 Å². The lowest BCUT2D eigenvalue weighted by molar-refractivity contribution is -0.143. The van der Waals surface area contributed by atoms with Crippen LogP contribution in [0.25, 0.3) is 0 Å². The molecular formula is C16H24N2O2. The predicted octanol–water partition coefficient (Wildman–Crippen LogP) is 1.89. The molecule has 1 aliphatic heterocycles. The largest absolute Gasteiger partial charge is 0.480 e. The van der Waals surface area contributed by atoms with Crippen LogP contribution < -0.4 is 0 Å². The monoisotopic (exact) mass is 276 g/mol. The SMILES string of the molecule is Cc1cc(C)cc(CN2CCN(C(C)C(=O)O)CC2)c1. The zero-order valence-corrected chi connectivity index (χ0v) is 12.6. The van der Waals surface area contributed by atoms with E-state index in [1.54, 1.807) is 6.92 Å². The number of carbonyl (C=O) groups is 1. The molecule has 1 aromatic carbocycles. The second-order valence-electron chi connectivity index (χ2n) is 5.82. The summed E-state index contributed by atoms with van der Waals surface area (Å²) in [5, 5.41) is 9.04. The fraction of sp³-hybridized carbons (Fsp3) is 0.562. The number of benzene rings is 1. The lowest BCUT2D eigenvalue weighted by Crippen LogP contribution is -2.51. The van der Waals surface area contributed by atoms with Crippen LogP contribution in [0.15, 0.2) is 18.2 Å². The minimum Gasteiger partial charge on any atom is -0.480 e. The Balaban J connectivity index is 1.89. The van der Waals surface area contributed by atoms with Gasteiger partial charge in [0.1, 0.15) is 6.04 Å². The highest BCUT2D eigenvalue weighted by Crippen LogP contribution is 2.14. The molecule has 0 bridgehead atoms. The maximum atomic E-state index is 11.0. The summed E-state index contributed by atoms with van der Waals surface area (Å²) < 4.78 is 0. The third-order valence-corrected chi connectivity index (χ3v) is 4.00. The number of carboxylic acid groups (broad SMARTS) is 1. The van der Waals surface area contributed by atoms with E-state index in [-0.39, 0.29) is 6.04 Å². The highest BCUT2D eigenvalue weighted by atomic mass is 16.4. The van der Waals surface area contributed by atoms with Crippen molar-refractivity contribution in [2.45, 2.75) is 33.4 Å². The van der Waals surface area contributed by atoms with Crippen molar-refractivity contribution < 1.29 is 9.90 Å².